The fraction of sp³-hybridized carbons (Fsp3) is 0.250. The highest BCUT2D eigenvalue weighted by atomic mass is 16.6. The van der Waals surface area contributed by atoms with E-state index in [0.29, 0.717) is 17.2 Å². The Morgan fingerprint density at radius 3 is 2.30 bits per heavy atom. The van der Waals surface area contributed by atoms with Crippen LogP contribution in [-0.4, -0.2) is 16.6 Å². The lowest BCUT2D eigenvalue weighted by Gasteiger charge is -2.19. The Labute approximate surface area is 118 Å². The molecule has 0 spiro atoms. The molecule has 0 saturated carbocycles. The van der Waals surface area contributed by atoms with Crippen molar-refractivity contribution in [2.75, 3.05) is 0 Å². The Bertz CT molecular complexity index is 571. The van der Waals surface area contributed by atoms with Gasteiger partial charge >= 0.3 is 5.97 Å². The van der Waals surface area contributed by atoms with Crippen molar-refractivity contribution in [3.63, 3.8) is 0 Å². The maximum absolute atomic E-state index is 11.8. The molecule has 104 valence electrons. The third kappa shape index (κ3) is 4.09. The summed E-state index contributed by atoms with van der Waals surface area (Å²) in [5.74, 6) is 0.741. The number of hydrogen-bond donors (Lipinski definition) is 0. The molecule has 2 rings (SSSR count). The van der Waals surface area contributed by atoms with Crippen LogP contribution in [0.5, 0.6) is 11.6 Å². The number of carbonyl (C=O) groups excluding carboxylic acids is 1. The number of pyridine rings is 1. The zero-order chi connectivity index (χ0) is 14.6. The zero-order valence-corrected chi connectivity index (χ0v) is 11.8. The Kier molecular flexibility index (Phi) is 4.03. The van der Waals surface area contributed by atoms with Crippen LogP contribution in [0.3, 0.4) is 0 Å². The first-order valence-corrected chi connectivity index (χ1v) is 6.36. The summed E-state index contributed by atoms with van der Waals surface area (Å²) in [6.45, 7) is 5.47. The van der Waals surface area contributed by atoms with Crippen molar-refractivity contribution in [2.45, 2.75) is 26.4 Å². The molecule has 20 heavy (non-hydrogen) atoms. The smallest absolute Gasteiger partial charge is 0.340 e. The van der Waals surface area contributed by atoms with E-state index in [0.717, 1.165) is 0 Å². The normalized spacial score (nSPS) is 10.9. The number of benzene rings is 1. The second-order valence-electron chi connectivity index (χ2n) is 5.30. The van der Waals surface area contributed by atoms with Gasteiger partial charge in [0.1, 0.15) is 11.4 Å². The summed E-state index contributed by atoms with van der Waals surface area (Å²) in [7, 11) is 0. The van der Waals surface area contributed by atoms with Crippen molar-refractivity contribution in [3.05, 3.63) is 54.2 Å². The molecule has 2 aromatic rings. The molecule has 4 nitrogen and oxygen atoms in total. The molecule has 0 N–H and O–H groups in total. The Morgan fingerprint density at radius 1 is 1.05 bits per heavy atom. The molecular weight excluding hydrogens is 254 g/mol. The first-order valence-electron chi connectivity index (χ1n) is 6.36. The monoisotopic (exact) mass is 271 g/mol. The van der Waals surface area contributed by atoms with Gasteiger partial charge in [0.05, 0.1) is 5.56 Å². The van der Waals surface area contributed by atoms with Crippen LogP contribution < -0.4 is 4.74 Å². The average molecular weight is 271 g/mol. The van der Waals surface area contributed by atoms with Crippen molar-refractivity contribution in [1.82, 2.24) is 4.98 Å². The summed E-state index contributed by atoms with van der Waals surface area (Å²) in [6.07, 6.45) is 1.45. The number of hydrogen-bond acceptors (Lipinski definition) is 4. The van der Waals surface area contributed by atoms with Crippen LogP contribution in [0.15, 0.2) is 48.7 Å². The van der Waals surface area contributed by atoms with Gasteiger partial charge < -0.3 is 9.47 Å². The SMILES string of the molecule is CC(C)(C)OC(=O)c1ccc(Oc2ccccc2)nc1. The average Bonchev–Trinajstić information content (AvgIpc) is 2.39. The summed E-state index contributed by atoms with van der Waals surface area (Å²) in [4.78, 5) is 15.9. The number of nitrogens with zero attached hydrogens (tertiary/aromatic N) is 1. The lowest BCUT2D eigenvalue weighted by atomic mass is 10.2. The highest BCUT2D eigenvalue weighted by molar-refractivity contribution is 5.89. The molecule has 0 saturated heterocycles. The van der Waals surface area contributed by atoms with Crippen LogP contribution in [0.25, 0.3) is 0 Å². The van der Waals surface area contributed by atoms with Gasteiger partial charge in [-0.15, -0.1) is 0 Å². The number of esters is 1. The van der Waals surface area contributed by atoms with Gasteiger partial charge in [-0.1, -0.05) is 18.2 Å². The van der Waals surface area contributed by atoms with E-state index in [9.17, 15) is 4.79 Å². The molecule has 0 aliphatic heterocycles. The van der Waals surface area contributed by atoms with E-state index in [1.165, 1.54) is 6.20 Å². The third-order valence-electron chi connectivity index (χ3n) is 2.34. The molecule has 0 aliphatic rings. The molecule has 0 atom stereocenters. The lowest BCUT2D eigenvalue weighted by Crippen LogP contribution is -2.23. The second kappa shape index (κ2) is 5.74. The van der Waals surface area contributed by atoms with Crippen molar-refractivity contribution in [2.24, 2.45) is 0 Å². The fourth-order valence-corrected chi connectivity index (χ4v) is 1.51. The highest BCUT2D eigenvalue weighted by Gasteiger charge is 2.18. The van der Waals surface area contributed by atoms with Gasteiger partial charge in [-0.25, -0.2) is 9.78 Å². The van der Waals surface area contributed by atoms with Gasteiger partial charge in [0.25, 0.3) is 0 Å². The molecule has 0 radical (unpaired) electrons. The first kappa shape index (κ1) is 14.1. The van der Waals surface area contributed by atoms with E-state index < -0.39 is 11.6 Å². The number of carbonyl (C=O) groups is 1. The zero-order valence-electron chi connectivity index (χ0n) is 11.8. The second-order valence-corrected chi connectivity index (χ2v) is 5.30. The molecule has 0 bridgehead atoms. The first-order chi connectivity index (χ1) is 9.44. The van der Waals surface area contributed by atoms with Crippen molar-refractivity contribution >= 4 is 5.97 Å². The largest absolute Gasteiger partial charge is 0.456 e. The van der Waals surface area contributed by atoms with Gasteiger partial charge in [0.15, 0.2) is 0 Å². The fourth-order valence-electron chi connectivity index (χ4n) is 1.51. The van der Waals surface area contributed by atoms with Gasteiger partial charge in [-0.2, -0.15) is 0 Å². The number of para-hydroxylation sites is 1. The summed E-state index contributed by atoms with van der Waals surface area (Å²) >= 11 is 0. The van der Waals surface area contributed by atoms with Crippen LogP contribution in [-0.2, 0) is 4.74 Å². The Balaban J connectivity index is 2.05. The van der Waals surface area contributed by atoms with Crippen molar-refractivity contribution in [3.8, 4) is 11.6 Å². The molecule has 1 aromatic heterocycles. The van der Waals surface area contributed by atoms with Crippen LogP contribution >= 0.6 is 0 Å². The minimum atomic E-state index is -0.518. The summed E-state index contributed by atoms with van der Waals surface area (Å²) in [5, 5.41) is 0. The maximum Gasteiger partial charge on any atom is 0.340 e. The van der Waals surface area contributed by atoms with E-state index in [1.807, 2.05) is 51.1 Å². The van der Waals surface area contributed by atoms with Gasteiger partial charge in [-0.05, 0) is 39.0 Å². The Morgan fingerprint density at radius 2 is 1.75 bits per heavy atom. The number of aromatic nitrogens is 1. The molecule has 0 unspecified atom stereocenters. The number of ether oxygens (including phenoxy) is 2. The molecule has 0 aliphatic carbocycles. The third-order valence-corrected chi connectivity index (χ3v) is 2.34. The molecule has 1 aromatic carbocycles. The molecule has 1 heterocycles. The minimum Gasteiger partial charge on any atom is -0.456 e. The van der Waals surface area contributed by atoms with Crippen molar-refractivity contribution < 1.29 is 14.3 Å². The summed E-state index contributed by atoms with van der Waals surface area (Å²) in [5.41, 5.74) is -0.114. The quantitative estimate of drug-likeness (QED) is 0.796. The molecule has 4 heteroatoms. The predicted octanol–water partition coefficient (Wildman–Crippen LogP) is 3.83. The standard InChI is InChI=1S/C16H17NO3/c1-16(2,3)20-15(18)12-9-10-14(17-11-12)19-13-7-5-4-6-8-13/h4-11H,1-3H3. The van der Waals surface area contributed by atoms with Crippen LogP contribution in [0.4, 0.5) is 0 Å². The molecular formula is C16H17NO3. The lowest BCUT2D eigenvalue weighted by molar-refractivity contribution is 0.00691. The van der Waals surface area contributed by atoms with Crippen molar-refractivity contribution in [1.29, 1.82) is 0 Å². The van der Waals surface area contributed by atoms with E-state index in [-0.39, 0.29) is 0 Å². The van der Waals surface area contributed by atoms with E-state index in [2.05, 4.69) is 4.98 Å². The Hall–Kier alpha value is -2.36. The van der Waals surface area contributed by atoms with Gasteiger partial charge in [-0.3, -0.25) is 0 Å². The van der Waals surface area contributed by atoms with Crippen LogP contribution in [0.2, 0.25) is 0 Å². The van der Waals surface area contributed by atoms with E-state index in [1.54, 1.807) is 12.1 Å². The van der Waals surface area contributed by atoms with Gasteiger partial charge in [0, 0.05) is 12.3 Å². The topological polar surface area (TPSA) is 48.4 Å². The highest BCUT2D eigenvalue weighted by Crippen LogP contribution is 2.19. The minimum absolute atomic E-state index is 0.392. The summed E-state index contributed by atoms with van der Waals surface area (Å²) in [6, 6.07) is 12.6. The van der Waals surface area contributed by atoms with E-state index in [4.69, 9.17) is 9.47 Å². The number of rotatable bonds is 3. The van der Waals surface area contributed by atoms with Gasteiger partial charge in [0.2, 0.25) is 5.88 Å². The van der Waals surface area contributed by atoms with Crippen LogP contribution in [0.1, 0.15) is 31.1 Å². The van der Waals surface area contributed by atoms with Crippen LogP contribution in [0, 0.1) is 0 Å². The maximum atomic E-state index is 11.8. The predicted molar refractivity (Wildman–Crippen MR) is 75.9 cm³/mol. The van der Waals surface area contributed by atoms with E-state index >= 15 is 0 Å². The summed E-state index contributed by atoms with van der Waals surface area (Å²) < 4.78 is 10.8. The molecule has 0 fully saturated rings. The molecule has 0 amide bonds.